The van der Waals surface area contributed by atoms with Crippen molar-refractivity contribution >= 4 is 23.6 Å². The van der Waals surface area contributed by atoms with E-state index in [1.807, 2.05) is 19.2 Å². The maximum atomic E-state index is 12.5. The van der Waals surface area contributed by atoms with E-state index in [4.69, 9.17) is 4.42 Å². The smallest absolute Gasteiger partial charge is 0.305 e. The average molecular weight is 325 g/mol. The molecule has 1 aromatic heterocycles. The van der Waals surface area contributed by atoms with Crippen molar-refractivity contribution in [2.75, 3.05) is 6.26 Å². The van der Waals surface area contributed by atoms with E-state index < -0.39 is 11.5 Å². The second-order valence-corrected chi connectivity index (χ2v) is 7.08. The monoisotopic (exact) mass is 325 g/mol. The van der Waals surface area contributed by atoms with Crippen LogP contribution in [0.2, 0.25) is 0 Å². The van der Waals surface area contributed by atoms with Gasteiger partial charge < -0.3 is 14.8 Å². The van der Waals surface area contributed by atoms with E-state index in [0.29, 0.717) is 23.9 Å². The number of aliphatic carboxylic acids is 1. The number of carboxylic acid groups (broad SMARTS) is 1. The van der Waals surface area contributed by atoms with Crippen LogP contribution in [-0.2, 0) is 4.79 Å². The molecule has 2 rings (SSSR count). The van der Waals surface area contributed by atoms with Crippen molar-refractivity contribution in [1.29, 1.82) is 0 Å². The van der Waals surface area contributed by atoms with Gasteiger partial charge in [0.25, 0.3) is 5.91 Å². The van der Waals surface area contributed by atoms with E-state index in [2.05, 4.69) is 12.2 Å². The molecule has 1 amide bonds. The molecule has 1 aliphatic carbocycles. The second-order valence-electron chi connectivity index (χ2n) is 6.27. The van der Waals surface area contributed by atoms with Crippen LogP contribution in [0.25, 0.3) is 0 Å². The topological polar surface area (TPSA) is 79.5 Å². The summed E-state index contributed by atoms with van der Waals surface area (Å²) in [5.74, 6) is -0.329. The average Bonchev–Trinajstić information content (AvgIpc) is 2.83. The number of aryl methyl sites for hydroxylation is 1. The summed E-state index contributed by atoms with van der Waals surface area (Å²) in [5, 5.41) is 12.8. The van der Waals surface area contributed by atoms with E-state index >= 15 is 0 Å². The highest BCUT2D eigenvalue weighted by Gasteiger charge is 2.38. The van der Waals surface area contributed by atoms with Crippen LogP contribution < -0.4 is 5.32 Å². The molecule has 1 saturated carbocycles. The lowest BCUT2D eigenvalue weighted by molar-refractivity contribution is -0.139. The number of thioether (sulfide) groups is 1. The lowest BCUT2D eigenvalue weighted by Crippen LogP contribution is -2.52. The van der Waals surface area contributed by atoms with Crippen molar-refractivity contribution in [2.45, 2.75) is 56.6 Å². The van der Waals surface area contributed by atoms with Crippen molar-refractivity contribution in [2.24, 2.45) is 5.92 Å². The molecular formula is C16H23NO4S. The van der Waals surface area contributed by atoms with E-state index in [9.17, 15) is 14.7 Å². The Morgan fingerprint density at radius 1 is 1.45 bits per heavy atom. The van der Waals surface area contributed by atoms with Crippen LogP contribution in [0.1, 0.15) is 55.1 Å². The summed E-state index contributed by atoms with van der Waals surface area (Å²) in [6.07, 6.45) is 5.10. The fourth-order valence-electron chi connectivity index (χ4n) is 3.03. The number of furan rings is 1. The first-order valence-electron chi connectivity index (χ1n) is 7.54. The third kappa shape index (κ3) is 3.85. The summed E-state index contributed by atoms with van der Waals surface area (Å²) in [6.45, 7) is 3.99. The lowest BCUT2D eigenvalue weighted by atomic mass is 9.75. The third-order valence-electron chi connectivity index (χ3n) is 4.40. The lowest BCUT2D eigenvalue weighted by Gasteiger charge is -2.39. The summed E-state index contributed by atoms with van der Waals surface area (Å²) >= 11 is 1.44. The molecule has 0 atom stereocenters. The highest BCUT2D eigenvalue weighted by atomic mass is 32.2. The fourth-order valence-corrected chi connectivity index (χ4v) is 3.49. The highest BCUT2D eigenvalue weighted by Crippen LogP contribution is 2.35. The molecule has 0 saturated heterocycles. The molecule has 0 unspecified atom stereocenters. The number of carbonyl (C=O) groups excluding carboxylic acids is 1. The Morgan fingerprint density at radius 2 is 2.09 bits per heavy atom. The standard InChI is InChI=1S/C16H23NO4S/c1-10-4-6-16(7-5-10,9-12(18)19)17-15(20)14-11(2)8-13(21-14)22-3/h8,10H,4-7,9H2,1-3H3,(H,17,20)(H,18,19). The number of carboxylic acids is 1. The summed E-state index contributed by atoms with van der Waals surface area (Å²) in [7, 11) is 0. The molecule has 122 valence electrons. The van der Waals surface area contributed by atoms with Crippen LogP contribution >= 0.6 is 11.8 Å². The first-order chi connectivity index (χ1) is 10.3. The van der Waals surface area contributed by atoms with Crippen LogP contribution in [0.15, 0.2) is 15.6 Å². The minimum atomic E-state index is -0.879. The molecule has 1 aromatic rings. The third-order valence-corrected chi connectivity index (χ3v) is 5.01. The molecule has 6 heteroatoms. The van der Waals surface area contributed by atoms with E-state index in [-0.39, 0.29) is 18.1 Å². The van der Waals surface area contributed by atoms with Gasteiger partial charge in [-0.1, -0.05) is 18.7 Å². The number of rotatable bonds is 5. The Kier molecular flexibility index (Phi) is 5.21. The first kappa shape index (κ1) is 16.9. The Balaban J connectivity index is 2.17. The molecule has 1 heterocycles. The SMILES string of the molecule is CSc1cc(C)c(C(=O)NC2(CC(=O)O)CCC(C)CC2)o1. The molecule has 0 radical (unpaired) electrons. The molecule has 2 N–H and O–H groups in total. The molecule has 5 nitrogen and oxygen atoms in total. The maximum Gasteiger partial charge on any atom is 0.305 e. The summed E-state index contributed by atoms with van der Waals surface area (Å²) in [4.78, 5) is 23.7. The van der Waals surface area contributed by atoms with Gasteiger partial charge in [0.05, 0.1) is 12.0 Å². The number of hydrogen-bond donors (Lipinski definition) is 2. The largest absolute Gasteiger partial charge is 0.481 e. The fraction of sp³-hybridized carbons (Fsp3) is 0.625. The van der Waals surface area contributed by atoms with Gasteiger partial charge in [-0.3, -0.25) is 9.59 Å². The zero-order chi connectivity index (χ0) is 16.3. The van der Waals surface area contributed by atoms with Crippen LogP contribution in [0.5, 0.6) is 0 Å². The van der Waals surface area contributed by atoms with Crippen molar-refractivity contribution in [1.82, 2.24) is 5.32 Å². The van der Waals surface area contributed by atoms with Gasteiger partial charge in [0.2, 0.25) is 0 Å². The van der Waals surface area contributed by atoms with Gasteiger partial charge in [-0.05, 0) is 50.8 Å². The molecule has 0 spiro atoms. The number of nitrogens with one attached hydrogen (secondary N) is 1. The Morgan fingerprint density at radius 3 is 2.59 bits per heavy atom. The molecule has 22 heavy (non-hydrogen) atoms. The zero-order valence-corrected chi connectivity index (χ0v) is 14.1. The van der Waals surface area contributed by atoms with Crippen molar-refractivity contribution < 1.29 is 19.1 Å². The summed E-state index contributed by atoms with van der Waals surface area (Å²) in [6, 6.07) is 1.83. The number of amides is 1. The molecule has 1 aliphatic rings. The normalized spacial score (nSPS) is 25.0. The summed E-state index contributed by atoms with van der Waals surface area (Å²) in [5.41, 5.74) is 0.116. The van der Waals surface area contributed by atoms with Gasteiger partial charge in [-0.15, -0.1) is 0 Å². The Labute approximate surface area is 134 Å². The van der Waals surface area contributed by atoms with Crippen LogP contribution in [-0.4, -0.2) is 28.8 Å². The van der Waals surface area contributed by atoms with Crippen LogP contribution in [0.4, 0.5) is 0 Å². The second kappa shape index (κ2) is 6.77. The molecule has 1 fully saturated rings. The molecule has 0 aliphatic heterocycles. The van der Waals surface area contributed by atoms with Gasteiger partial charge >= 0.3 is 5.97 Å². The van der Waals surface area contributed by atoms with Gasteiger partial charge in [-0.25, -0.2) is 0 Å². The van der Waals surface area contributed by atoms with Gasteiger partial charge in [0.1, 0.15) is 0 Å². The van der Waals surface area contributed by atoms with Crippen molar-refractivity contribution in [3.63, 3.8) is 0 Å². The number of hydrogen-bond acceptors (Lipinski definition) is 4. The van der Waals surface area contributed by atoms with Crippen LogP contribution in [0.3, 0.4) is 0 Å². The van der Waals surface area contributed by atoms with Crippen molar-refractivity contribution in [3.8, 4) is 0 Å². The van der Waals surface area contributed by atoms with E-state index in [1.165, 1.54) is 11.8 Å². The van der Waals surface area contributed by atoms with E-state index in [1.54, 1.807) is 0 Å². The molecule has 0 bridgehead atoms. The zero-order valence-electron chi connectivity index (χ0n) is 13.3. The quantitative estimate of drug-likeness (QED) is 0.810. The molecular weight excluding hydrogens is 302 g/mol. The van der Waals surface area contributed by atoms with Gasteiger partial charge in [0, 0.05) is 5.56 Å². The minimum absolute atomic E-state index is 0.0411. The Hall–Kier alpha value is -1.43. The van der Waals surface area contributed by atoms with E-state index in [0.717, 1.165) is 18.4 Å². The maximum absolute atomic E-state index is 12.5. The first-order valence-corrected chi connectivity index (χ1v) is 8.76. The number of carbonyl (C=O) groups is 2. The predicted molar refractivity (Wildman–Crippen MR) is 85.3 cm³/mol. The highest BCUT2D eigenvalue weighted by molar-refractivity contribution is 7.98. The Bertz CT molecular complexity index is 558. The summed E-state index contributed by atoms with van der Waals surface area (Å²) < 4.78 is 5.54. The van der Waals surface area contributed by atoms with Crippen LogP contribution in [0, 0.1) is 12.8 Å². The van der Waals surface area contributed by atoms with Gasteiger partial charge in [0.15, 0.2) is 10.9 Å². The van der Waals surface area contributed by atoms with Crippen molar-refractivity contribution in [3.05, 3.63) is 17.4 Å². The molecule has 0 aromatic carbocycles. The minimum Gasteiger partial charge on any atom is -0.481 e. The van der Waals surface area contributed by atoms with Gasteiger partial charge in [-0.2, -0.15) is 0 Å². The predicted octanol–water partition coefficient (Wildman–Crippen LogP) is 3.46.